The summed E-state index contributed by atoms with van der Waals surface area (Å²) in [6.45, 7) is 3.44. The van der Waals surface area contributed by atoms with E-state index in [2.05, 4.69) is 30.4 Å². The van der Waals surface area contributed by atoms with E-state index in [1.807, 2.05) is 6.07 Å². The molecule has 104 valence electrons. The third kappa shape index (κ3) is 2.98. The summed E-state index contributed by atoms with van der Waals surface area (Å²) in [5.74, 6) is 2.98. The average molecular weight is 278 g/mol. The molecule has 0 aromatic heterocycles. The molecular formula is C17H24ClN. The van der Waals surface area contributed by atoms with Crippen LogP contribution in [0.25, 0.3) is 0 Å². The van der Waals surface area contributed by atoms with Gasteiger partial charge in [-0.3, -0.25) is 0 Å². The van der Waals surface area contributed by atoms with Crippen LogP contribution in [0.4, 0.5) is 0 Å². The van der Waals surface area contributed by atoms with E-state index in [0.29, 0.717) is 6.04 Å². The van der Waals surface area contributed by atoms with E-state index in [4.69, 9.17) is 11.6 Å². The smallest absolute Gasteiger partial charge is 0.0409 e. The largest absolute Gasteiger partial charge is 0.310 e. The summed E-state index contributed by atoms with van der Waals surface area (Å²) in [6.07, 6.45) is 7.06. The molecule has 1 aromatic carbocycles. The van der Waals surface area contributed by atoms with Crippen LogP contribution in [-0.2, 0) is 0 Å². The molecule has 0 saturated heterocycles. The van der Waals surface area contributed by atoms with Crippen LogP contribution in [-0.4, -0.2) is 6.54 Å². The van der Waals surface area contributed by atoms with Crippen molar-refractivity contribution in [3.63, 3.8) is 0 Å². The van der Waals surface area contributed by atoms with E-state index in [1.165, 1.54) is 37.8 Å². The maximum Gasteiger partial charge on any atom is 0.0409 e. The molecular weight excluding hydrogens is 254 g/mol. The van der Waals surface area contributed by atoms with E-state index in [-0.39, 0.29) is 0 Å². The third-order valence-corrected chi connectivity index (χ3v) is 5.41. The number of halogens is 1. The minimum Gasteiger partial charge on any atom is -0.310 e. The van der Waals surface area contributed by atoms with Gasteiger partial charge in [-0.05, 0) is 67.7 Å². The zero-order valence-electron chi connectivity index (χ0n) is 11.7. The first-order chi connectivity index (χ1) is 9.26. The Morgan fingerprint density at radius 1 is 1.32 bits per heavy atom. The molecule has 4 atom stereocenters. The van der Waals surface area contributed by atoms with E-state index >= 15 is 0 Å². The molecule has 2 bridgehead atoms. The Morgan fingerprint density at radius 3 is 2.84 bits per heavy atom. The fourth-order valence-electron chi connectivity index (χ4n) is 4.14. The van der Waals surface area contributed by atoms with Crippen molar-refractivity contribution in [1.82, 2.24) is 5.32 Å². The van der Waals surface area contributed by atoms with E-state index in [0.717, 1.165) is 29.2 Å². The predicted octanol–water partition coefficient (Wildman–Crippen LogP) is 4.82. The van der Waals surface area contributed by atoms with Crippen molar-refractivity contribution in [2.45, 2.75) is 45.1 Å². The molecule has 0 spiro atoms. The minimum absolute atomic E-state index is 0.456. The normalized spacial score (nSPS) is 30.7. The van der Waals surface area contributed by atoms with Crippen molar-refractivity contribution in [1.29, 1.82) is 0 Å². The molecule has 2 aliphatic rings. The first-order valence-electron chi connectivity index (χ1n) is 7.75. The summed E-state index contributed by atoms with van der Waals surface area (Å²) in [5, 5.41) is 4.63. The standard InChI is InChI=1S/C17H24ClN/c1-2-17(14-4-3-5-16(18)10-14)19-11-15-9-12-6-7-13(15)8-12/h3-5,10,12-13,15,17,19H,2,6-9,11H2,1H3. The Labute approximate surface area is 121 Å². The summed E-state index contributed by atoms with van der Waals surface area (Å²) in [5.41, 5.74) is 1.33. The van der Waals surface area contributed by atoms with Crippen molar-refractivity contribution >= 4 is 11.6 Å². The molecule has 3 rings (SSSR count). The molecule has 2 saturated carbocycles. The van der Waals surface area contributed by atoms with E-state index < -0.39 is 0 Å². The van der Waals surface area contributed by atoms with Gasteiger partial charge in [-0.1, -0.05) is 37.1 Å². The summed E-state index contributed by atoms with van der Waals surface area (Å²) < 4.78 is 0. The highest BCUT2D eigenvalue weighted by molar-refractivity contribution is 6.30. The van der Waals surface area contributed by atoms with Crippen molar-refractivity contribution in [2.75, 3.05) is 6.54 Å². The number of benzene rings is 1. The minimum atomic E-state index is 0.456. The van der Waals surface area contributed by atoms with Crippen LogP contribution < -0.4 is 5.32 Å². The molecule has 2 fully saturated rings. The molecule has 1 nitrogen and oxygen atoms in total. The lowest BCUT2D eigenvalue weighted by molar-refractivity contribution is 0.304. The van der Waals surface area contributed by atoms with Gasteiger partial charge in [0.2, 0.25) is 0 Å². The van der Waals surface area contributed by atoms with Gasteiger partial charge >= 0.3 is 0 Å². The second kappa shape index (κ2) is 5.85. The number of rotatable bonds is 5. The summed E-state index contributed by atoms with van der Waals surface area (Å²) >= 11 is 6.10. The molecule has 2 heteroatoms. The van der Waals surface area contributed by atoms with Crippen molar-refractivity contribution in [3.8, 4) is 0 Å². The first-order valence-corrected chi connectivity index (χ1v) is 8.13. The van der Waals surface area contributed by atoms with Crippen LogP contribution in [0, 0.1) is 17.8 Å². The van der Waals surface area contributed by atoms with Crippen LogP contribution in [0.1, 0.15) is 50.6 Å². The van der Waals surface area contributed by atoms with Gasteiger partial charge in [0.05, 0.1) is 0 Å². The number of hydrogen-bond donors (Lipinski definition) is 1. The molecule has 19 heavy (non-hydrogen) atoms. The van der Waals surface area contributed by atoms with E-state index in [1.54, 1.807) is 0 Å². The van der Waals surface area contributed by atoms with Gasteiger partial charge in [0, 0.05) is 11.1 Å². The average Bonchev–Trinajstić information content (AvgIpc) is 3.02. The number of fused-ring (bicyclic) bond motifs is 2. The van der Waals surface area contributed by atoms with Crippen molar-refractivity contribution in [2.24, 2.45) is 17.8 Å². The quantitative estimate of drug-likeness (QED) is 0.814. The van der Waals surface area contributed by atoms with Crippen molar-refractivity contribution in [3.05, 3.63) is 34.9 Å². The van der Waals surface area contributed by atoms with Crippen LogP contribution in [0.3, 0.4) is 0 Å². The van der Waals surface area contributed by atoms with Gasteiger partial charge in [-0.15, -0.1) is 0 Å². The Kier molecular flexibility index (Phi) is 4.14. The van der Waals surface area contributed by atoms with Crippen LogP contribution >= 0.6 is 11.6 Å². The highest BCUT2D eigenvalue weighted by atomic mass is 35.5. The summed E-state index contributed by atoms with van der Waals surface area (Å²) in [7, 11) is 0. The van der Waals surface area contributed by atoms with Gasteiger partial charge in [0.15, 0.2) is 0 Å². The molecule has 1 N–H and O–H groups in total. The molecule has 0 aliphatic heterocycles. The second-order valence-corrected chi connectivity index (χ2v) is 6.80. The molecule has 0 radical (unpaired) electrons. The second-order valence-electron chi connectivity index (χ2n) is 6.36. The zero-order valence-corrected chi connectivity index (χ0v) is 12.5. The fourth-order valence-corrected chi connectivity index (χ4v) is 4.34. The summed E-state index contributed by atoms with van der Waals surface area (Å²) in [4.78, 5) is 0. The molecule has 2 aliphatic carbocycles. The van der Waals surface area contributed by atoms with Gasteiger partial charge < -0.3 is 5.32 Å². The fraction of sp³-hybridized carbons (Fsp3) is 0.647. The molecule has 0 amide bonds. The Bertz CT molecular complexity index is 431. The molecule has 1 aromatic rings. The topological polar surface area (TPSA) is 12.0 Å². The number of nitrogens with one attached hydrogen (secondary N) is 1. The first kappa shape index (κ1) is 13.5. The van der Waals surface area contributed by atoms with E-state index in [9.17, 15) is 0 Å². The SMILES string of the molecule is CCC(NCC1CC2CCC1C2)c1cccc(Cl)c1. The van der Waals surface area contributed by atoms with Gasteiger partial charge in [0.25, 0.3) is 0 Å². The van der Waals surface area contributed by atoms with Crippen molar-refractivity contribution < 1.29 is 0 Å². The summed E-state index contributed by atoms with van der Waals surface area (Å²) in [6, 6.07) is 8.75. The molecule has 4 unspecified atom stereocenters. The lowest BCUT2D eigenvalue weighted by atomic mass is 9.88. The van der Waals surface area contributed by atoms with Gasteiger partial charge in [-0.25, -0.2) is 0 Å². The lowest BCUT2D eigenvalue weighted by Crippen LogP contribution is -2.29. The maximum absolute atomic E-state index is 6.10. The highest BCUT2D eigenvalue weighted by Crippen LogP contribution is 2.48. The number of hydrogen-bond acceptors (Lipinski definition) is 1. The van der Waals surface area contributed by atoms with Crippen LogP contribution in [0.15, 0.2) is 24.3 Å². The Morgan fingerprint density at radius 2 is 2.21 bits per heavy atom. The predicted molar refractivity (Wildman–Crippen MR) is 81.4 cm³/mol. The van der Waals surface area contributed by atoms with Crippen LogP contribution in [0.5, 0.6) is 0 Å². The van der Waals surface area contributed by atoms with Gasteiger partial charge in [-0.2, -0.15) is 0 Å². The monoisotopic (exact) mass is 277 g/mol. The third-order valence-electron chi connectivity index (χ3n) is 5.17. The highest BCUT2D eigenvalue weighted by Gasteiger charge is 2.39. The Hall–Kier alpha value is -0.530. The maximum atomic E-state index is 6.10. The van der Waals surface area contributed by atoms with Crippen LogP contribution in [0.2, 0.25) is 5.02 Å². The van der Waals surface area contributed by atoms with Gasteiger partial charge in [0.1, 0.15) is 0 Å². The molecule has 0 heterocycles. The Balaban J connectivity index is 1.58. The lowest BCUT2D eigenvalue weighted by Gasteiger charge is -2.25. The zero-order chi connectivity index (χ0) is 13.2.